The maximum absolute atomic E-state index is 13.8. The summed E-state index contributed by atoms with van der Waals surface area (Å²) in [5.74, 6) is 0.166. The second kappa shape index (κ2) is 4.03. The van der Waals surface area contributed by atoms with Crippen LogP contribution >= 0.6 is 0 Å². The molecule has 0 bridgehead atoms. The molecule has 5 heteroatoms. The molecule has 90 valence electrons. The maximum Gasteiger partial charge on any atom is 0.180 e. The van der Waals surface area contributed by atoms with Gasteiger partial charge in [-0.2, -0.15) is 0 Å². The highest BCUT2D eigenvalue weighted by molar-refractivity contribution is 5.86. The molecular formula is C13H9FN2O2. The standard InChI is InChI=1S/C13H9FN2O2/c14-10-4-2-1-3-9(10)11-12(18-16-13(11)15)8-5-6-17-7-8/h1-7H,(H2,15,16). The molecule has 3 rings (SSSR count). The maximum atomic E-state index is 13.8. The fourth-order valence-corrected chi connectivity index (χ4v) is 1.82. The Kier molecular flexibility index (Phi) is 2.37. The number of hydrogen-bond acceptors (Lipinski definition) is 4. The number of nitrogens with zero attached hydrogens (tertiary/aromatic N) is 1. The summed E-state index contributed by atoms with van der Waals surface area (Å²) in [5, 5.41) is 3.68. The van der Waals surface area contributed by atoms with Gasteiger partial charge in [0.05, 0.1) is 17.4 Å². The minimum Gasteiger partial charge on any atom is -0.472 e. The van der Waals surface area contributed by atoms with Crippen LogP contribution in [-0.2, 0) is 0 Å². The first-order valence-electron chi connectivity index (χ1n) is 5.30. The molecule has 0 atom stereocenters. The molecular weight excluding hydrogens is 235 g/mol. The minimum absolute atomic E-state index is 0.149. The second-order valence-corrected chi connectivity index (χ2v) is 3.76. The molecule has 0 fully saturated rings. The van der Waals surface area contributed by atoms with Crippen LogP contribution in [0.2, 0.25) is 0 Å². The van der Waals surface area contributed by atoms with Crippen LogP contribution in [0.25, 0.3) is 22.5 Å². The summed E-state index contributed by atoms with van der Waals surface area (Å²) in [6, 6.07) is 8.02. The van der Waals surface area contributed by atoms with Gasteiger partial charge in [-0.15, -0.1) is 0 Å². The van der Waals surface area contributed by atoms with E-state index >= 15 is 0 Å². The first-order chi connectivity index (χ1) is 8.77. The topological polar surface area (TPSA) is 65.2 Å². The van der Waals surface area contributed by atoms with E-state index in [-0.39, 0.29) is 11.6 Å². The summed E-state index contributed by atoms with van der Waals surface area (Å²) in [6.45, 7) is 0. The summed E-state index contributed by atoms with van der Waals surface area (Å²) >= 11 is 0. The molecule has 0 aliphatic heterocycles. The monoisotopic (exact) mass is 244 g/mol. The summed E-state index contributed by atoms with van der Waals surface area (Å²) in [4.78, 5) is 0. The average molecular weight is 244 g/mol. The number of aromatic nitrogens is 1. The van der Waals surface area contributed by atoms with E-state index in [2.05, 4.69) is 5.16 Å². The minimum atomic E-state index is -0.378. The van der Waals surface area contributed by atoms with Crippen molar-refractivity contribution in [1.82, 2.24) is 5.16 Å². The van der Waals surface area contributed by atoms with Crippen LogP contribution in [0.15, 0.2) is 51.8 Å². The van der Waals surface area contributed by atoms with Crippen molar-refractivity contribution in [3.05, 3.63) is 48.7 Å². The highest BCUT2D eigenvalue weighted by Crippen LogP contribution is 2.37. The van der Waals surface area contributed by atoms with Crippen LogP contribution in [0.3, 0.4) is 0 Å². The van der Waals surface area contributed by atoms with E-state index in [1.54, 1.807) is 24.3 Å². The van der Waals surface area contributed by atoms with Crippen molar-refractivity contribution < 1.29 is 13.3 Å². The van der Waals surface area contributed by atoms with Gasteiger partial charge in [-0.1, -0.05) is 23.4 Å². The van der Waals surface area contributed by atoms with Crippen molar-refractivity contribution in [2.45, 2.75) is 0 Å². The third-order valence-electron chi connectivity index (χ3n) is 2.65. The molecule has 0 amide bonds. The van der Waals surface area contributed by atoms with Gasteiger partial charge in [0, 0.05) is 5.56 Å². The van der Waals surface area contributed by atoms with E-state index in [0.717, 1.165) is 0 Å². The smallest absolute Gasteiger partial charge is 0.180 e. The molecule has 18 heavy (non-hydrogen) atoms. The zero-order valence-electron chi connectivity index (χ0n) is 9.26. The third-order valence-corrected chi connectivity index (χ3v) is 2.65. The number of anilines is 1. The van der Waals surface area contributed by atoms with E-state index in [0.29, 0.717) is 22.5 Å². The summed E-state index contributed by atoms with van der Waals surface area (Å²) in [6.07, 6.45) is 2.99. The highest BCUT2D eigenvalue weighted by Gasteiger charge is 2.20. The summed E-state index contributed by atoms with van der Waals surface area (Å²) in [7, 11) is 0. The Bertz CT molecular complexity index is 674. The number of rotatable bonds is 2. The first kappa shape index (κ1) is 10.6. The SMILES string of the molecule is Nc1noc(-c2ccoc2)c1-c1ccccc1F. The number of nitrogens with two attached hydrogens (primary N) is 1. The van der Waals surface area contributed by atoms with Crippen LogP contribution < -0.4 is 5.73 Å². The fourth-order valence-electron chi connectivity index (χ4n) is 1.82. The van der Waals surface area contributed by atoms with Gasteiger partial charge in [0.15, 0.2) is 11.6 Å². The van der Waals surface area contributed by atoms with Gasteiger partial charge in [0.25, 0.3) is 0 Å². The van der Waals surface area contributed by atoms with Gasteiger partial charge in [-0.3, -0.25) is 0 Å². The predicted octanol–water partition coefficient (Wildman–Crippen LogP) is 3.32. The zero-order valence-corrected chi connectivity index (χ0v) is 9.26. The van der Waals surface area contributed by atoms with Crippen LogP contribution in [0, 0.1) is 5.82 Å². The Hall–Kier alpha value is -2.56. The van der Waals surface area contributed by atoms with Crippen molar-refractivity contribution in [1.29, 1.82) is 0 Å². The molecule has 0 saturated carbocycles. The van der Waals surface area contributed by atoms with Gasteiger partial charge in [-0.25, -0.2) is 4.39 Å². The summed E-state index contributed by atoms with van der Waals surface area (Å²) < 4.78 is 23.9. The predicted molar refractivity (Wildman–Crippen MR) is 64.0 cm³/mol. The lowest BCUT2D eigenvalue weighted by atomic mass is 10.0. The summed E-state index contributed by atoms with van der Waals surface area (Å²) in [5.41, 5.74) is 7.20. The molecule has 2 heterocycles. The molecule has 3 aromatic rings. The average Bonchev–Trinajstić information content (AvgIpc) is 2.99. The van der Waals surface area contributed by atoms with Crippen LogP contribution in [0.5, 0.6) is 0 Å². The Morgan fingerprint density at radius 3 is 2.72 bits per heavy atom. The number of halogens is 1. The lowest BCUT2D eigenvalue weighted by molar-refractivity contribution is 0.435. The molecule has 0 saturated heterocycles. The second-order valence-electron chi connectivity index (χ2n) is 3.76. The lowest BCUT2D eigenvalue weighted by Gasteiger charge is -2.02. The van der Waals surface area contributed by atoms with Gasteiger partial charge < -0.3 is 14.7 Å². The van der Waals surface area contributed by atoms with E-state index < -0.39 is 0 Å². The zero-order chi connectivity index (χ0) is 12.5. The normalized spacial score (nSPS) is 10.7. The van der Waals surface area contributed by atoms with Gasteiger partial charge in [0.2, 0.25) is 0 Å². The van der Waals surface area contributed by atoms with E-state index in [4.69, 9.17) is 14.7 Å². The fraction of sp³-hybridized carbons (Fsp3) is 0. The molecule has 0 spiro atoms. The van der Waals surface area contributed by atoms with Gasteiger partial charge in [-0.05, 0) is 12.1 Å². The molecule has 2 aromatic heterocycles. The van der Waals surface area contributed by atoms with Crippen LogP contribution in [-0.4, -0.2) is 5.16 Å². The Balaban J connectivity index is 2.24. The molecule has 0 radical (unpaired) electrons. The quantitative estimate of drug-likeness (QED) is 0.750. The van der Waals surface area contributed by atoms with Crippen molar-refractivity contribution in [2.24, 2.45) is 0 Å². The van der Waals surface area contributed by atoms with Crippen LogP contribution in [0.1, 0.15) is 0 Å². The van der Waals surface area contributed by atoms with Gasteiger partial charge in [0.1, 0.15) is 12.1 Å². The number of furan rings is 1. The largest absolute Gasteiger partial charge is 0.472 e. The first-order valence-corrected chi connectivity index (χ1v) is 5.30. The van der Waals surface area contributed by atoms with Crippen molar-refractivity contribution in [2.75, 3.05) is 5.73 Å². The third kappa shape index (κ3) is 1.57. The number of benzene rings is 1. The van der Waals surface area contributed by atoms with Crippen molar-refractivity contribution in [3.63, 3.8) is 0 Å². The molecule has 0 aliphatic carbocycles. The van der Waals surface area contributed by atoms with E-state index in [1.807, 2.05) is 0 Å². The lowest BCUT2D eigenvalue weighted by Crippen LogP contribution is -1.91. The Morgan fingerprint density at radius 2 is 2.00 bits per heavy atom. The molecule has 2 N–H and O–H groups in total. The molecule has 4 nitrogen and oxygen atoms in total. The molecule has 0 unspecified atom stereocenters. The van der Waals surface area contributed by atoms with E-state index in [1.165, 1.54) is 18.6 Å². The van der Waals surface area contributed by atoms with Crippen LogP contribution in [0.4, 0.5) is 10.2 Å². The van der Waals surface area contributed by atoms with Crippen molar-refractivity contribution >= 4 is 5.82 Å². The number of nitrogen functional groups attached to an aromatic ring is 1. The highest BCUT2D eigenvalue weighted by atomic mass is 19.1. The molecule has 1 aromatic carbocycles. The van der Waals surface area contributed by atoms with Crippen molar-refractivity contribution in [3.8, 4) is 22.5 Å². The number of hydrogen-bond donors (Lipinski definition) is 1. The molecule has 0 aliphatic rings. The van der Waals surface area contributed by atoms with Gasteiger partial charge >= 0.3 is 0 Å². The Morgan fingerprint density at radius 1 is 1.17 bits per heavy atom. The van der Waals surface area contributed by atoms with E-state index in [9.17, 15) is 4.39 Å². The Labute approximate surface area is 102 Å².